The van der Waals surface area contributed by atoms with Crippen molar-refractivity contribution >= 4 is 26.0 Å². The second-order valence-corrected chi connectivity index (χ2v) is 10.3. The average Bonchev–Trinajstić information content (AvgIpc) is 3.16. The van der Waals surface area contributed by atoms with Gasteiger partial charge in [0.1, 0.15) is 42.4 Å². The number of nitrogens with two attached hydrogens (primary N) is 1. The molecule has 2 unspecified atom stereocenters. The molecule has 2 saturated heterocycles. The quantitative estimate of drug-likeness (QED) is 0.0789. The molecule has 0 aromatic carbocycles. The van der Waals surface area contributed by atoms with E-state index in [-0.39, 0.29) is 12.2 Å². The number of aliphatic hydroxyl groups excluding tert-OH is 6. The number of aromatic nitrogens is 2. The van der Waals surface area contributed by atoms with Gasteiger partial charge in [-0.3, -0.25) is 13.9 Å². The van der Waals surface area contributed by atoms with E-state index in [1.54, 1.807) is 0 Å². The van der Waals surface area contributed by atoms with Gasteiger partial charge in [0.25, 0.3) is 5.79 Å². The Bertz CT molecular complexity index is 1170. The van der Waals surface area contributed by atoms with E-state index in [0.29, 0.717) is 0 Å². The van der Waals surface area contributed by atoms with Crippen LogP contribution in [0.4, 0.5) is 5.82 Å². The molecule has 3 rings (SSSR count). The summed E-state index contributed by atoms with van der Waals surface area (Å²) in [7, 11) is -5.51. The second kappa shape index (κ2) is 12.5. The third-order valence-corrected chi connectivity index (χ3v) is 7.21. The summed E-state index contributed by atoms with van der Waals surface area (Å²) in [6, 6.07) is -0.359. The fraction of sp³-hybridized carbons (Fsp3) is 0.684. The normalized spacial score (nSPS) is 35.4. The number of nitrogen functional groups attached to an aromatic ring is 1. The van der Waals surface area contributed by atoms with E-state index in [1.807, 2.05) is 0 Å². The van der Waals surface area contributed by atoms with Crippen molar-refractivity contribution in [2.75, 3.05) is 18.9 Å². The fourth-order valence-electron chi connectivity index (χ4n) is 4.19. The molecule has 1 aromatic rings. The Morgan fingerprint density at radius 3 is 2.60 bits per heavy atom. The van der Waals surface area contributed by atoms with Gasteiger partial charge >= 0.3 is 19.5 Å². The number of amides is 1. The summed E-state index contributed by atoms with van der Waals surface area (Å²) in [6.07, 6.45) is -14.5. The molecule has 11 N–H and O–H groups in total. The summed E-state index contributed by atoms with van der Waals surface area (Å²) in [6.45, 7) is -2.06. The zero-order chi connectivity index (χ0) is 30.0. The highest BCUT2D eigenvalue weighted by atomic mass is 31.2. The van der Waals surface area contributed by atoms with E-state index in [2.05, 4.69) is 10.3 Å². The van der Waals surface area contributed by atoms with Gasteiger partial charge < -0.3 is 61.2 Å². The standard InChI is InChI=1S/C19H29N4O16P/c20-10-1-2-23(18(33)22-10)16-14(30)13(29)9(37-16)5-36-40(34,35)39-19(17(31)32)3-7(26)11(21-6-25)15(38-19)12(28)8(27)4-24/h1-2,6-9,11-16,24,26-30H,3-5H2,(H,21,25)(H,31,32)(H,34,35)(H2,20,22,33)/t7-,8+,9+,11-,12+,13+,14+,15+,16?,19+/m0/s1. The molecule has 2 fully saturated rings. The number of ether oxygens (including phenoxy) is 2. The molecule has 226 valence electrons. The predicted molar refractivity (Wildman–Crippen MR) is 124 cm³/mol. The molecule has 20 nitrogen and oxygen atoms in total. The van der Waals surface area contributed by atoms with Crippen LogP contribution < -0.4 is 16.7 Å². The summed E-state index contributed by atoms with van der Waals surface area (Å²) in [5.41, 5.74) is 4.46. The maximum atomic E-state index is 12.7. The van der Waals surface area contributed by atoms with Gasteiger partial charge in [-0.25, -0.2) is 18.7 Å². The number of carbonyl (C=O) groups is 2. The van der Waals surface area contributed by atoms with E-state index in [4.69, 9.17) is 29.4 Å². The van der Waals surface area contributed by atoms with Crippen LogP contribution in [-0.2, 0) is 32.7 Å². The maximum Gasteiger partial charge on any atom is 0.475 e. The Labute approximate surface area is 223 Å². The highest BCUT2D eigenvalue weighted by molar-refractivity contribution is 7.47. The monoisotopic (exact) mass is 600 g/mol. The van der Waals surface area contributed by atoms with Crippen LogP contribution in [0.1, 0.15) is 12.6 Å². The lowest BCUT2D eigenvalue weighted by Gasteiger charge is -2.46. The molecule has 2 aliphatic rings. The third-order valence-electron chi connectivity index (χ3n) is 6.20. The summed E-state index contributed by atoms with van der Waals surface area (Å²) < 4.78 is 33.5. The summed E-state index contributed by atoms with van der Waals surface area (Å²) in [5.74, 6) is -5.43. The number of aliphatic hydroxyl groups is 6. The van der Waals surface area contributed by atoms with Crippen LogP contribution in [0.15, 0.2) is 17.1 Å². The molecule has 2 aliphatic heterocycles. The van der Waals surface area contributed by atoms with Gasteiger partial charge in [-0.1, -0.05) is 0 Å². The Kier molecular flexibility index (Phi) is 9.99. The first kappa shape index (κ1) is 31.9. The first-order valence-electron chi connectivity index (χ1n) is 11.5. The number of carbonyl (C=O) groups excluding carboxylic acids is 1. The van der Waals surface area contributed by atoms with Crippen molar-refractivity contribution in [3.8, 4) is 0 Å². The van der Waals surface area contributed by atoms with Gasteiger partial charge in [-0.2, -0.15) is 4.98 Å². The van der Waals surface area contributed by atoms with Crippen molar-refractivity contribution in [1.29, 1.82) is 0 Å². The molecular weight excluding hydrogens is 571 g/mol. The first-order valence-corrected chi connectivity index (χ1v) is 13.0. The lowest BCUT2D eigenvalue weighted by atomic mass is 9.89. The lowest BCUT2D eigenvalue weighted by Crippen LogP contribution is -2.67. The minimum Gasteiger partial charge on any atom is -0.477 e. The minimum absolute atomic E-state index is 0.0695. The molecule has 0 spiro atoms. The molecule has 40 heavy (non-hydrogen) atoms. The van der Waals surface area contributed by atoms with E-state index >= 15 is 0 Å². The third kappa shape index (κ3) is 6.65. The number of anilines is 1. The summed E-state index contributed by atoms with van der Waals surface area (Å²) in [5, 5.41) is 72.1. The number of nitrogens with one attached hydrogen (secondary N) is 1. The van der Waals surface area contributed by atoms with Gasteiger partial charge in [0.15, 0.2) is 6.23 Å². The number of hydrogen-bond acceptors (Lipinski definition) is 16. The first-order chi connectivity index (χ1) is 18.7. The van der Waals surface area contributed by atoms with Crippen LogP contribution in [-0.4, -0.2) is 130 Å². The lowest BCUT2D eigenvalue weighted by molar-refractivity contribution is -0.288. The fourth-order valence-corrected chi connectivity index (χ4v) is 5.14. The van der Waals surface area contributed by atoms with Gasteiger partial charge in [-0.05, 0) is 6.07 Å². The largest absolute Gasteiger partial charge is 0.477 e. The molecule has 1 aromatic heterocycles. The number of aliphatic carboxylic acids is 1. The number of carboxylic acids is 1. The molecule has 0 radical (unpaired) electrons. The Morgan fingerprint density at radius 2 is 2.02 bits per heavy atom. The van der Waals surface area contributed by atoms with Crippen molar-refractivity contribution in [1.82, 2.24) is 14.9 Å². The van der Waals surface area contributed by atoms with Gasteiger partial charge in [0, 0.05) is 12.6 Å². The molecule has 0 bridgehead atoms. The van der Waals surface area contributed by atoms with Crippen molar-refractivity contribution in [3.05, 3.63) is 22.7 Å². The topological polar surface area (TPSA) is 323 Å². The highest BCUT2D eigenvalue weighted by Crippen LogP contribution is 2.51. The van der Waals surface area contributed by atoms with E-state index in [0.717, 1.165) is 10.8 Å². The van der Waals surface area contributed by atoms with E-state index in [9.17, 15) is 54.5 Å². The average molecular weight is 600 g/mol. The molecular formula is C19H29N4O16P. The van der Waals surface area contributed by atoms with Gasteiger partial charge in [0.05, 0.1) is 25.4 Å². The molecule has 21 heteroatoms. The molecule has 1 amide bonds. The van der Waals surface area contributed by atoms with Crippen LogP contribution in [0, 0.1) is 0 Å². The summed E-state index contributed by atoms with van der Waals surface area (Å²) >= 11 is 0. The Balaban J connectivity index is 1.77. The number of rotatable bonds is 12. The zero-order valence-corrected chi connectivity index (χ0v) is 21.2. The molecule has 11 atom stereocenters. The van der Waals surface area contributed by atoms with Crippen molar-refractivity contribution in [2.45, 2.75) is 67.2 Å². The number of hydrogen-bond donors (Lipinski definition) is 10. The van der Waals surface area contributed by atoms with Crippen molar-refractivity contribution in [3.63, 3.8) is 0 Å². The van der Waals surface area contributed by atoms with Crippen LogP contribution in [0.3, 0.4) is 0 Å². The molecule has 0 saturated carbocycles. The zero-order valence-electron chi connectivity index (χ0n) is 20.3. The SMILES string of the molecule is Nc1ccn(C2O[C@H](COP(=O)(O)O[C@@]3(C(=O)O)C[C@H](O)[C@H](NC=O)[C@H]([C@H](O)[C@H](O)CO)O3)[C@@H](O)[C@H]2O)c(=O)n1. The van der Waals surface area contributed by atoms with Crippen LogP contribution >= 0.6 is 7.82 Å². The van der Waals surface area contributed by atoms with Gasteiger partial charge in [0.2, 0.25) is 6.41 Å². The van der Waals surface area contributed by atoms with Crippen LogP contribution in [0.25, 0.3) is 0 Å². The number of nitrogens with zero attached hydrogens (tertiary/aromatic N) is 2. The maximum absolute atomic E-state index is 12.7. The summed E-state index contributed by atoms with van der Waals surface area (Å²) in [4.78, 5) is 48.8. The molecule has 3 heterocycles. The Hall–Kier alpha value is -2.59. The van der Waals surface area contributed by atoms with E-state index in [1.165, 1.54) is 6.07 Å². The Morgan fingerprint density at radius 1 is 1.35 bits per heavy atom. The number of phosphoric acid groups is 1. The molecule has 0 aliphatic carbocycles. The predicted octanol–water partition coefficient (Wildman–Crippen LogP) is -5.66. The smallest absolute Gasteiger partial charge is 0.475 e. The second-order valence-electron chi connectivity index (χ2n) is 8.91. The highest BCUT2D eigenvalue weighted by Gasteiger charge is 2.58. The minimum atomic E-state index is -5.51. The van der Waals surface area contributed by atoms with Crippen molar-refractivity contribution in [2.24, 2.45) is 0 Å². The van der Waals surface area contributed by atoms with Gasteiger partial charge in [-0.15, -0.1) is 0 Å². The number of phosphoric ester groups is 1. The van der Waals surface area contributed by atoms with E-state index < -0.39 is 99.9 Å². The van der Waals surface area contributed by atoms with Crippen molar-refractivity contribution < 1.29 is 73.3 Å². The van der Waals surface area contributed by atoms with Crippen LogP contribution in [0.2, 0.25) is 0 Å². The van der Waals surface area contributed by atoms with Crippen LogP contribution in [0.5, 0.6) is 0 Å². The number of carboxylic acid groups (broad SMARTS) is 1.